The first kappa shape index (κ1) is 14.0. The normalized spacial score (nSPS) is 10.5. The largest absolute Gasteiger partial charge is 0.497 e. The minimum atomic E-state index is 0.707. The third-order valence-corrected chi connectivity index (χ3v) is 4.08. The van der Waals surface area contributed by atoms with Crippen molar-refractivity contribution in [2.24, 2.45) is 0 Å². The Hall–Kier alpha value is -1.39. The van der Waals surface area contributed by atoms with Crippen molar-refractivity contribution in [3.05, 3.63) is 46.7 Å². The maximum absolute atomic E-state index is 6.13. The summed E-state index contributed by atoms with van der Waals surface area (Å²) in [5.74, 6) is 1.54. The zero-order valence-electron chi connectivity index (χ0n) is 10.8. The smallest absolute Gasteiger partial charge is 0.122 e. The van der Waals surface area contributed by atoms with Gasteiger partial charge >= 0.3 is 0 Å². The second-order valence-electron chi connectivity index (χ2n) is 4.12. The molecule has 0 atom stereocenters. The molecule has 0 aliphatic heterocycles. The van der Waals surface area contributed by atoms with Gasteiger partial charge in [0.1, 0.15) is 5.75 Å². The molecule has 3 nitrogen and oxygen atoms in total. The molecule has 0 aliphatic rings. The van der Waals surface area contributed by atoms with Crippen LogP contribution in [0.4, 0.5) is 5.69 Å². The molecule has 100 valence electrons. The fraction of sp³-hybridized carbons (Fsp3) is 0.214. The van der Waals surface area contributed by atoms with Crippen LogP contribution in [0.5, 0.6) is 5.75 Å². The van der Waals surface area contributed by atoms with Crippen molar-refractivity contribution in [3.63, 3.8) is 0 Å². The fourth-order valence-corrected chi connectivity index (χ4v) is 2.83. The van der Waals surface area contributed by atoms with E-state index in [9.17, 15) is 0 Å². The van der Waals surface area contributed by atoms with Gasteiger partial charge in [-0.3, -0.25) is 4.98 Å². The summed E-state index contributed by atoms with van der Waals surface area (Å²) in [6.07, 6.45) is 0. The van der Waals surface area contributed by atoms with Gasteiger partial charge in [0.2, 0.25) is 0 Å². The number of benzene rings is 1. The van der Waals surface area contributed by atoms with E-state index in [1.807, 2.05) is 31.2 Å². The highest BCUT2D eigenvalue weighted by atomic mass is 35.5. The van der Waals surface area contributed by atoms with E-state index in [1.165, 1.54) is 0 Å². The minimum absolute atomic E-state index is 0.707. The molecule has 1 aromatic carbocycles. The van der Waals surface area contributed by atoms with Crippen molar-refractivity contribution in [2.45, 2.75) is 17.6 Å². The number of thioether (sulfide) groups is 1. The van der Waals surface area contributed by atoms with Crippen molar-refractivity contribution < 1.29 is 4.74 Å². The lowest BCUT2D eigenvalue weighted by Crippen LogP contribution is -1.93. The Morgan fingerprint density at radius 3 is 2.84 bits per heavy atom. The van der Waals surface area contributed by atoms with Gasteiger partial charge in [-0.05, 0) is 25.1 Å². The summed E-state index contributed by atoms with van der Waals surface area (Å²) in [6.45, 7) is 1.95. The van der Waals surface area contributed by atoms with Crippen LogP contribution in [0.3, 0.4) is 0 Å². The van der Waals surface area contributed by atoms with Crippen LogP contribution < -0.4 is 10.5 Å². The molecule has 0 fully saturated rings. The number of nitrogen functional groups attached to an aromatic ring is 1. The van der Waals surface area contributed by atoms with Crippen LogP contribution >= 0.6 is 23.4 Å². The summed E-state index contributed by atoms with van der Waals surface area (Å²) >= 11 is 7.74. The molecular formula is C14H15ClN2OS. The second kappa shape index (κ2) is 6.17. The number of ether oxygens (including phenoxy) is 1. The summed E-state index contributed by atoms with van der Waals surface area (Å²) in [7, 11) is 1.65. The number of pyridine rings is 1. The van der Waals surface area contributed by atoms with Crippen molar-refractivity contribution in [1.29, 1.82) is 0 Å². The van der Waals surface area contributed by atoms with Crippen LogP contribution in [0.2, 0.25) is 5.02 Å². The quantitative estimate of drug-likeness (QED) is 0.686. The Morgan fingerprint density at radius 1 is 1.32 bits per heavy atom. The highest BCUT2D eigenvalue weighted by Crippen LogP contribution is 2.31. The van der Waals surface area contributed by atoms with Gasteiger partial charge in [0.25, 0.3) is 0 Å². The average molecular weight is 295 g/mol. The summed E-state index contributed by atoms with van der Waals surface area (Å²) in [6, 6.07) is 9.31. The van der Waals surface area contributed by atoms with Crippen LogP contribution in [-0.2, 0) is 5.75 Å². The number of nitrogens with two attached hydrogens (primary N) is 1. The highest BCUT2D eigenvalue weighted by molar-refractivity contribution is 7.98. The van der Waals surface area contributed by atoms with Crippen molar-refractivity contribution in [2.75, 3.05) is 12.8 Å². The van der Waals surface area contributed by atoms with E-state index >= 15 is 0 Å². The van der Waals surface area contributed by atoms with Gasteiger partial charge in [-0.15, -0.1) is 11.8 Å². The number of aromatic nitrogens is 1. The lowest BCUT2D eigenvalue weighted by Gasteiger charge is -2.07. The molecule has 0 aliphatic carbocycles. The van der Waals surface area contributed by atoms with Crippen LogP contribution in [0.25, 0.3) is 0 Å². The van der Waals surface area contributed by atoms with Gasteiger partial charge in [-0.25, -0.2) is 0 Å². The monoisotopic (exact) mass is 294 g/mol. The third-order valence-electron chi connectivity index (χ3n) is 2.55. The first-order valence-corrected chi connectivity index (χ1v) is 7.14. The number of rotatable bonds is 4. The number of hydrogen-bond donors (Lipinski definition) is 1. The maximum Gasteiger partial charge on any atom is 0.122 e. The average Bonchev–Trinajstić information content (AvgIpc) is 2.39. The van der Waals surface area contributed by atoms with E-state index in [1.54, 1.807) is 24.9 Å². The molecular weight excluding hydrogens is 280 g/mol. The van der Waals surface area contributed by atoms with E-state index in [2.05, 4.69) is 4.98 Å². The van der Waals surface area contributed by atoms with Crippen molar-refractivity contribution in [1.82, 2.24) is 4.98 Å². The highest BCUT2D eigenvalue weighted by Gasteiger charge is 2.05. The number of halogens is 1. The van der Waals surface area contributed by atoms with Crippen LogP contribution in [0, 0.1) is 6.92 Å². The number of anilines is 1. The standard InChI is InChI=1S/C14H15ClN2OS/c1-9-5-12(18-2)7-11(17-9)8-19-14-6-10(16)3-4-13(14)15/h3-7H,8,16H2,1-2H3. The molecule has 0 radical (unpaired) electrons. The molecule has 2 rings (SSSR count). The van der Waals surface area contributed by atoms with Gasteiger partial charge in [0.15, 0.2) is 0 Å². The van der Waals surface area contributed by atoms with Crippen molar-refractivity contribution in [3.8, 4) is 5.75 Å². The SMILES string of the molecule is COc1cc(C)nc(CSc2cc(N)ccc2Cl)c1. The predicted molar refractivity (Wildman–Crippen MR) is 81.0 cm³/mol. The van der Waals surface area contributed by atoms with Gasteiger partial charge < -0.3 is 10.5 Å². The van der Waals surface area contributed by atoms with Crippen molar-refractivity contribution >= 4 is 29.1 Å². The Morgan fingerprint density at radius 2 is 2.11 bits per heavy atom. The molecule has 1 aromatic heterocycles. The first-order chi connectivity index (χ1) is 9.08. The van der Waals surface area contributed by atoms with Gasteiger partial charge in [-0.1, -0.05) is 11.6 Å². The van der Waals surface area contributed by atoms with E-state index < -0.39 is 0 Å². The Balaban J connectivity index is 2.14. The first-order valence-electron chi connectivity index (χ1n) is 5.78. The molecule has 5 heteroatoms. The Labute approximate surface area is 122 Å². The fourth-order valence-electron chi connectivity index (χ4n) is 1.68. The van der Waals surface area contributed by atoms with E-state index in [4.69, 9.17) is 22.1 Å². The molecule has 2 aromatic rings. The number of hydrogen-bond acceptors (Lipinski definition) is 4. The van der Waals surface area contributed by atoms with Gasteiger partial charge in [-0.2, -0.15) is 0 Å². The third kappa shape index (κ3) is 3.78. The molecule has 0 bridgehead atoms. The number of methoxy groups -OCH3 is 1. The zero-order valence-corrected chi connectivity index (χ0v) is 12.4. The molecule has 2 N–H and O–H groups in total. The Bertz CT molecular complexity index is 590. The van der Waals surface area contributed by atoms with E-state index in [0.29, 0.717) is 10.7 Å². The molecule has 1 heterocycles. The predicted octanol–water partition coefficient (Wildman–Crippen LogP) is 3.93. The molecule has 0 saturated carbocycles. The zero-order chi connectivity index (χ0) is 13.8. The summed E-state index contributed by atoms with van der Waals surface area (Å²) in [5, 5.41) is 0.707. The number of aryl methyl sites for hydroxylation is 1. The molecule has 0 spiro atoms. The summed E-state index contributed by atoms with van der Waals surface area (Å²) in [5.41, 5.74) is 8.37. The van der Waals surface area contributed by atoms with Crippen LogP contribution in [0.1, 0.15) is 11.4 Å². The van der Waals surface area contributed by atoms with Gasteiger partial charge in [0.05, 0.1) is 17.8 Å². The maximum atomic E-state index is 6.13. The summed E-state index contributed by atoms with van der Waals surface area (Å²) in [4.78, 5) is 5.44. The minimum Gasteiger partial charge on any atom is -0.497 e. The lowest BCUT2D eigenvalue weighted by molar-refractivity contribution is 0.413. The Kier molecular flexibility index (Phi) is 4.56. The number of nitrogens with zero attached hydrogens (tertiary/aromatic N) is 1. The second-order valence-corrected chi connectivity index (χ2v) is 5.54. The molecule has 0 amide bonds. The lowest BCUT2D eigenvalue weighted by atomic mass is 10.3. The van der Waals surface area contributed by atoms with E-state index in [-0.39, 0.29) is 0 Å². The van der Waals surface area contributed by atoms with Crippen LogP contribution in [0.15, 0.2) is 35.2 Å². The van der Waals surface area contributed by atoms with Gasteiger partial charge in [0, 0.05) is 34.2 Å². The molecule has 19 heavy (non-hydrogen) atoms. The van der Waals surface area contributed by atoms with E-state index in [0.717, 1.165) is 27.8 Å². The summed E-state index contributed by atoms with van der Waals surface area (Å²) < 4.78 is 5.24. The molecule has 0 unspecified atom stereocenters. The topological polar surface area (TPSA) is 48.1 Å². The molecule has 0 saturated heterocycles. The van der Waals surface area contributed by atoms with Crippen LogP contribution in [-0.4, -0.2) is 12.1 Å².